The second-order valence-corrected chi connectivity index (χ2v) is 7.55. The zero-order valence-electron chi connectivity index (χ0n) is 15.4. The van der Waals surface area contributed by atoms with Crippen LogP contribution in [0.3, 0.4) is 0 Å². The number of benzene rings is 1. The van der Waals surface area contributed by atoms with Crippen molar-refractivity contribution in [1.29, 1.82) is 0 Å². The lowest BCUT2D eigenvalue weighted by Gasteiger charge is -2.11. The molecule has 0 radical (unpaired) electrons. The molecule has 2 aromatic rings. The highest BCUT2D eigenvalue weighted by molar-refractivity contribution is 7.09. The lowest BCUT2D eigenvalue weighted by Crippen LogP contribution is -2.35. The number of aromatic nitrogens is 1. The van der Waals surface area contributed by atoms with Gasteiger partial charge in [0.05, 0.1) is 13.2 Å². The SMILES string of the molecule is COc1cccc(C(=O)N=c2sc(C)cn2CC(=O)NCC2CCCO2)c1. The van der Waals surface area contributed by atoms with E-state index in [1.54, 1.807) is 35.9 Å². The maximum Gasteiger partial charge on any atom is 0.279 e. The van der Waals surface area contributed by atoms with Crippen LogP contribution in [0.2, 0.25) is 0 Å². The van der Waals surface area contributed by atoms with E-state index in [9.17, 15) is 9.59 Å². The van der Waals surface area contributed by atoms with E-state index in [1.165, 1.54) is 11.3 Å². The summed E-state index contributed by atoms with van der Waals surface area (Å²) < 4.78 is 12.4. The normalized spacial score (nSPS) is 17.1. The molecule has 2 heterocycles. The Hall–Kier alpha value is -2.45. The lowest BCUT2D eigenvalue weighted by atomic mass is 10.2. The first-order valence-electron chi connectivity index (χ1n) is 8.83. The number of nitrogens with one attached hydrogen (secondary N) is 1. The number of hydrogen-bond acceptors (Lipinski definition) is 5. The van der Waals surface area contributed by atoms with Crippen molar-refractivity contribution >= 4 is 23.2 Å². The zero-order valence-corrected chi connectivity index (χ0v) is 16.3. The van der Waals surface area contributed by atoms with Crippen molar-refractivity contribution in [1.82, 2.24) is 9.88 Å². The third-order valence-electron chi connectivity index (χ3n) is 4.21. The minimum atomic E-state index is -0.371. The van der Waals surface area contributed by atoms with Gasteiger partial charge in [0.2, 0.25) is 5.91 Å². The molecule has 1 aliphatic heterocycles. The van der Waals surface area contributed by atoms with Gasteiger partial charge >= 0.3 is 0 Å². The van der Waals surface area contributed by atoms with Gasteiger partial charge in [0, 0.05) is 29.8 Å². The van der Waals surface area contributed by atoms with E-state index in [1.807, 2.05) is 13.1 Å². The van der Waals surface area contributed by atoms with Crippen molar-refractivity contribution in [3.8, 4) is 5.75 Å². The van der Waals surface area contributed by atoms with Crippen molar-refractivity contribution < 1.29 is 19.1 Å². The van der Waals surface area contributed by atoms with Gasteiger partial charge in [0.25, 0.3) is 5.91 Å². The van der Waals surface area contributed by atoms with Gasteiger partial charge in [0.1, 0.15) is 12.3 Å². The molecule has 8 heteroatoms. The predicted molar refractivity (Wildman–Crippen MR) is 102 cm³/mol. The van der Waals surface area contributed by atoms with E-state index in [2.05, 4.69) is 10.3 Å². The fourth-order valence-electron chi connectivity index (χ4n) is 2.86. The minimum Gasteiger partial charge on any atom is -0.497 e. The largest absolute Gasteiger partial charge is 0.497 e. The minimum absolute atomic E-state index is 0.0990. The number of rotatable bonds is 6. The monoisotopic (exact) mass is 389 g/mol. The third-order valence-corrected chi connectivity index (χ3v) is 5.15. The Bertz CT molecular complexity index is 881. The summed E-state index contributed by atoms with van der Waals surface area (Å²) >= 11 is 1.37. The van der Waals surface area contributed by atoms with Crippen LogP contribution in [0.15, 0.2) is 35.5 Å². The van der Waals surface area contributed by atoms with Crippen LogP contribution in [0.4, 0.5) is 0 Å². The van der Waals surface area contributed by atoms with Crippen LogP contribution in [0.1, 0.15) is 28.1 Å². The van der Waals surface area contributed by atoms with Crippen molar-refractivity contribution in [2.24, 2.45) is 4.99 Å². The van der Waals surface area contributed by atoms with Gasteiger partial charge in [-0.15, -0.1) is 11.3 Å². The van der Waals surface area contributed by atoms with Crippen LogP contribution in [-0.2, 0) is 16.1 Å². The van der Waals surface area contributed by atoms with Crippen molar-refractivity contribution in [3.63, 3.8) is 0 Å². The number of methoxy groups -OCH3 is 1. The molecule has 0 spiro atoms. The van der Waals surface area contributed by atoms with Crippen LogP contribution in [0.5, 0.6) is 5.75 Å². The second-order valence-electron chi connectivity index (χ2n) is 6.34. The Kier molecular flexibility index (Phi) is 6.41. The maximum atomic E-state index is 12.5. The molecule has 1 unspecified atom stereocenters. The highest BCUT2D eigenvalue weighted by Crippen LogP contribution is 2.13. The number of carbonyl (C=O) groups excluding carboxylic acids is 2. The Balaban J connectivity index is 1.71. The summed E-state index contributed by atoms with van der Waals surface area (Å²) in [7, 11) is 1.55. The Morgan fingerprint density at radius 1 is 1.44 bits per heavy atom. The standard InChI is InChI=1S/C19H23N3O4S/c1-13-11-22(12-17(23)20-10-16-7-4-8-26-16)19(27-13)21-18(24)14-5-3-6-15(9-14)25-2/h3,5-6,9,11,16H,4,7-8,10,12H2,1-2H3,(H,20,23). The van der Waals surface area contributed by atoms with Gasteiger partial charge in [0.15, 0.2) is 4.80 Å². The Labute approximate surface area is 161 Å². The third kappa shape index (κ3) is 5.27. The molecule has 1 N–H and O–H groups in total. The van der Waals surface area contributed by atoms with Crippen LogP contribution >= 0.6 is 11.3 Å². The molecule has 1 aromatic heterocycles. The summed E-state index contributed by atoms with van der Waals surface area (Å²) in [6.07, 6.45) is 3.94. The summed E-state index contributed by atoms with van der Waals surface area (Å²) in [4.78, 5) is 30.4. The fourth-order valence-corrected chi connectivity index (χ4v) is 3.69. The summed E-state index contributed by atoms with van der Waals surface area (Å²) in [5.41, 5.74) is 0.440. The van der Waals surface area contributed by atoms with Gasteiger partial charge in [-0.25, -0.2) is 0 Å². The molecule has 0 saturated carbocycles. The van der Waals surface area contributed by atoms with Gasteiger partial charge in [-0.05, 0) is 38.0 Å². The van der Waals surface area contributed by atoms with Crippen LogP contribution in [0.25, 0.3) is 0 Å². The highest BCUT2D eigenvalue weighted by atomic mass is 32.1. The number of nitrogens with zero attached hydrogens (tertiary/aromatic N) is 2. The smallest absolute Gasteiger partial charge is 0.279 e. The molecule has 2 amide bonds. The quantitative estimate of drug-likeness (QED) is 0.818. The van der Waals surface area contributed by atoms with Gasteiger partial charge in [-0.3, -0.25) is 9.59 Å². The average molecular weight is 389 g/mol. The van der Waals surface area contributed by atoms with Gasteiger partial charge in [-0.1, -0.05) is 6.07 Å². The molecule has 1 aliphatic rings. The molecule has 1 fully saturated rings. The molecule has 1 atom stereocenters. The highest BCUT2D eigenvalue weighted by Gasteiger charge is 2.16. The topological polar surface area (TPSA) is 81.9 Å². The summed E-state index contributed by atoms with van der Waals surface area (Å²) in [6.45, 7) is 3.30. The Morgan fingerprint density at radius 3 is 3.04 bits per heavy atom. The number of thiazole rings is 1. The maximum absolute atomic E-state index is 12.5. The van der Waals surface area contributed by atoms with E-state index >= 15 is 0 Å². The van der Waals surface area contributed by atoms with Gasteiger partial charge in [-0.2, -0.15) is 4.99 Å². The van der Waals surface area contributed by atoms with Crippen molar-refractivity contribution in [2.75, 3.05) is 20.3 Å². The van der Waals surface area contributed by atoms with E-state index in [-0.39, 0.29) is 24.5 Å². The summed E-state index contributed by atoms with van der Waals surface area (Å²) in [6, 6.07) is 6.84. The number of aryl methyl sites for hydroxylation is 1. The molecular formula is C19H23N3O4S. The molecule has 0 aliphatic carbocycles. The van der Waals surface area contributed by atoms with Crippen LogP contribution in [-0.4, -0.2) is 42.7 Å². The number of hydrogen-bond donors (Lipinski definition) is 1. The first kappa shape index (κ1) is 19.3. The zero-order chi connectivity index (χ0) is 19.2. The summed E-state index contributed by atoms with van der Waals surface area (Å²) in [5.74, 6) is 0.0997. The molecule has 7 nitrogen and oxygen atoms in total. The van der Waals surface area contributed by atoms with E-state index in [0.29, 0.717) is 22.7 Å². The number of amides is 2. The molecule has 0 bridgehead atoms. The fraction of sp³-hybridized carbons (Fsp3) is 0.421. The van der Waals surface area contributed by atoms with E-state index in [0.717, 1.165) is 24.3 Å². The Morgan fingerprint density at radius 2 is 2.30 bits per heavy atom. The second kappa shape index (κ2) is 8.96. The van der Waals surface area contributed by atoms with Gasteiger partial charge < -0.3 is 19.4 Å². The number of carbonyl (C=O) groups is 2. The molecule has 3 rings (SSSR count). The van der Waals surface area contributed by atoms with E-state index < -0.39 is 0 Å². The summed E-state index contributed by atoms with van der Waals surface area (Å²) in [5, 5.41) is 2.89. The van der Waals surface area contributed by atoms with Crippen molar-refractivity contribution in [2.45, 2.75) is 32.4 Å². The predicted octanol–water partition coefficient (Wildman–Crippen LogP) is 1.90. The molecular weight excluding hydrogens is 366 g/mol. The lowest BCUT2D eigenvalue weighted by molar-refractivity contribution is -0.122. The van der Waals surface area contributed by atoms with Crippen LogP contribution in [0, 0.1) is 6.92 Å². The first-order chi connectivity index (χ1) is 13.0. The molecule has 1 saturated heterocycles. The first-order valence-corrected chi connectivity index (χ1v) is 9.65. The molecule has 27 heavy (non-hydrogen) atoms. The average Bonchev–Trinajstić information content (AvgIpc) is 3.30. The molecule has 1 aromatic carbocycles. The molecule has 144 valence electrons. The van der Waals surface area contributed by atoms with Crippen LogP contribution < -0.4 is 14.9 Å². The van der Waals surface area contributed by atoms with E-state index in [4.69, 9.17) is 9.47 Å². The number of ether oxygens (including phenoxy) is 2. The van der Waals surface area contributed by atoms with Crippen molar-refractivity contribution in [3.05, 3.63) is 45.7 Å².